The maximum absolute atomic E-state index is 14.8. The van der Waals surface area contributed by atoms with Gasteiger partial charge in [0.25, 0.3) is 0 Å². The minimum absolute atomic E-state index is 0.0134. The monoisotopic (exact) mass is 418 g/mol. The number of carbonyl (C=O) groups is 1. The Morgan fingerprint density at radius 2 is 2.10 bits per heavy atom. The van der Waals surface area contributed by atoms with Gasteiger partial charge in [-0.15, -0.1) is 5.10 Å². The van der Waals surface area contributed by atoms with Crippen LogP contribution in [0.1, 0.15) is 42.1 Å². The second kappa shape index (κ2) is 8.08. The molecule has 0 saturated carbocycles. The van der Waals surface area contributed by atoms with Crippen LogP contribution in [0.25, 0.3) is 4.96 Å². The normalized spacial score (nSPS) is 16.9. The standard InChI is InChI=1S/C20H23FN4O3S/c1-3-15-22-20-25(23-15)18(26)17(29-20)16(13-6-4-5-7-14(13)21)24-10-8-12(9-11-24)19(27)28-2/h4-7,12,16,26H,3,8-11H2,1-2H3. The molecule has 3 aromatic rings. The minimum atomic E-state index is -0.478. The number of hydrogen-bond donors (Lipinski definition) is 1. The molecule has 1 unspecified atom stereocenters. The van der Waals surface area contributed by atoms with E-state index in [0.717, 1.165) is 0 Å². The van der Waals surface area contributed by atoms with E-state index in [4.69, 9.17) is 4.74 Å². The number of benzene rings is 1. The van der Waals surface area contributed by atoms with Crippen molar-refractivity contribution in [1.82, 2.24) is 19.5 Å². The van der Waals surface area contributed by atoms with Crippen molar-refractivity contribution in [3.63, 3.8) is 0 Å². The summed E-state index contributed by atoms with van der Waals surface area (Å²) in [6.07, 6.45) is 1.92. The fourth-order valence-corrected chi connectivity index (χ4v) is 5.01. The van der Waals surface area contributed by atoms with Crippen molar-refractivity contribution >= 4 is 22.3 Å². The van der Waals surface area contributed by atoms with Gasteiger partial charge in [0, 0.05) is 12.0 Å². The Balaban J connectivity index is 1.73. The number of ether oxygens (including phenoxy) is 1. The fourth-order valence-electron chi connectivity index (χ4n) is 3.88. The van der Waals surface area contributed by atoms with Crippen LogP contribution in [0.4, 0.5) is 4.39 Å². The number of hydrogen-bond acceptors (Lipinski definition) is 7. The quantitative estimate of drug-likeness (QED) is 0.641. The van der Waals surface area contributed by atoms with E-state index in [0.29, 0.717) is 53.6 Å². The number of aryl methyl sites for hydroxylation is 1. The fraction of sp³-hybridized carbons (Fsp3) is 0.450. The maximum Gasteiger partial charge on any atom is 0.308 e. The smallest absolute Gasteiger partial charge is 0.308 e. The van der Waals surface area contributed by atoms with Crippen molar-refractivity contribution in [2.24, 2.45) is 5.92 Å². The Kier molecular flexibility index (Phi) is 5.51. The van der Waals surface area contributed by atoms with E-state index >= 15 is 0 Å². The molecule has 29 heavy (non-hydrogen) atoms. The summed E-state index contributed by atoms with van der Waals surface area (Å²) in [6, 6.07) is 6.12. The van der Waals surface area contributed by atoms with E-state index in [9.17, 15) is 14.3 Å². The second-order valence-corrected chi connectivity index (χ2v) is 8.13. The van der Waals surface area contributed by atoms with Gasteiger partial charge in [0.2, 0.25) is 10.8 Å². The van der Waals surface area contributed by atoms with Crippen molar-refractivity contribution < 1.29 is 19.0 Å². The van der Waals surface area contributed by atoms with Crippen LogP contribution in [0, 0.1) is 11.7 Å². The van der Waals surface area contributed by atoms with Gasteiger partial charge in [0.15, 0.2) is 5.82 Å². The van der Waals surface area contributed by atoms with Gasteiger partial charge in [-0.2, -0.15) is 4.52 Å². The summed E-state index contributed by atoms with van der Waals surface area (Å²) in [5.74, 6) is -0.0541. The number of methoxy groups -OCH3 is 1. The predicted octanol–water partition coefficient (Wildman–Crippen LogP) is 3.17. The molecule has 1 aromatic carbocycles. The van der Waals surface area contributed by atoms with Crippen LogP contribution >= 0.6 is 11.3 Å². The largest absolute Gasteiger partial charge is 0.492 e. The third-order valence-electron chi connectivity index (χ3n) is 5.44. The molecule has 4 rings (SSSR count). The predicted molar refractivity (Wildman–Crippen MR) is 106 cm³/mol. The van der Waals surface area contributed by atoms with Crippen molar-refractivity contribution in [3.05, 3.63) is 46.3 Å². The average molecular weight is 418 g/mol. The lowest BCUT2D eigenvalue weighted by Crippen LogP contribution is -2.39. The van der Waals surface area contributed by atoms with Crippen LogP contribution in [0.2, 0.25) is 0 Å². The summed E-state index contributed by atoms with van der Waals surface area (Å²) >= 11 is 1.32. The zero-order valence-corrected chi connectivity index (χ0v) is 17.2. The van der Waals surface area contributed by atoms with E-state index in [1.165, 1.54) is 29.0 Å². The number of likely N-dealkylation sites (tertiary alicyclic amines) is 1. The Hall–Kier alpha value is -2.52. The Labute approximate surface area is 171 Å². The summed E-state index contributed by atoms with van der Waals surface area (Å²) in [5, 5.41) is 15.2. The summed E-state index contributed by atoms with van der Waals surface area (Å²) in [5.41, 5.74) is 0.486. The molecular weight excluding hydrogens is 395 g/mol. The highest BCUT2D eigenvalue weighted by molar-refractivity contribution is 7.17. The lowest BCUT2D eigenvalue weighted by Gasteiger charge is -2.36. The number of carbonyl (C=O) groups excluding carboxylic acids is 1. The number of aromatic hydroxyl groups is 1. The highest BCUT2D eigenvalue weighted by Gasteiger charge is 2.35. The number of fused-ring (bicyclic) bond motifs is 1. The van der Waals surface area contributed by atoms with Crippen molar-refractivity contribution in [2.45, 2.75) is 32.2 Å². The first-order valence-corrected chi connectivity index (χ1v) is 10.5. The molecule has 1 saturated heterocycles. The number of halogens is 1. The zero-order chi connectivity index (χ0) is 20.5. The van der Waals surface area contributed by atoms with Crippen LogP contribution in [0.3, 0.4) is 0 Å². The van der Waals surface area contributed by atoms with Gasteiger partial charge in [-0.25, -0.2) is 9.37 Å². The van der Waals surface area contributed by atoms with Gasteiger partial charge in [-0.3, -0.25) is 9.69 Å². The van der Waals surface area contributed by atoms with E-state index < -0.39 is 6.04 Å². The van der Waals surface area contributed by atoms with E-state index in [1.807, 2.05) is 6.92 Å². The number of piperidine rings is 1. The van der Waals surface area contributed by atoms with Gasteiger partial charge in [-0.1, -0.05) is 36.5 Å². The molecule has 3 heterocycles. The van der Waals surface area contributed by atoms with Crippen LogP contribution in [0.15, 0.2) is 24.3 Å². The Morgan fingerprint density at radius 3 is 2.72 bits per heavy atom. The molecule has 0 spiro atoms. The zero-order valence-electron chi connectivity index (χ0n) is 16.3. The molecule has 9 heteroatoms. The van der Waals surface area contributed by atoms with Crippen molar-refractivity contribution in [1.29, 1.82) is 0 Å². The third kappa shape index (κ3) is 3.60. The molecule has 1 N–H and O–H groups in total. The summed E-state index contributed by atoms with van der Waals surface area (Å²) in [6.45, 7) is 3.13. The van der Waals surface area contributed by atoms with Crippen molar-refractivity contribution in [2.75, 3.05) is 20.2 Å². The molecule has 0 bridgehead atoms. The number of rotatable bonds is 5. The first kappa shape index (κ1) is 19.8. The van der Waals surface area contributed by atoms with Crippen LogP contribution in [0.5, 0.6) is 5.88 Å². The Morgan fingerprint density at radius 1 is 1.38 bits per heavy atom. The highest BCUT2D eigenvalue weighted by atomic mass is 32.1. The summed E-state index contributed by atoms with van der Waals surface area (Å²) in [4.78, 5) is 19.6. The number of thiazole rings is 1. The van der Waals surface area contributed by atoms with Gasteiger partial charge < -0.3 is 9.84 Å². The van der Waals surface area contributed by atoms with E-state index in [2.05, 4.69) is 15.0 Å². The molecule has 7 nitrogen and oxygen atoms in total. The topological polar surface area (TPSA) is 80.0 Å². The summed E-state index contributed by atoms with van der Waals surface area (Å²) < 4.78 is 21.0. The minimum Gasteiger partial charge on any atom is -0.492 e. The number of aromatic nitrogens is 3. The SMILES string of the molecule is CCc1nc2sc(C(c3ccccc3F)N3CCC(C(=O)OC)CC3)c(O)n2n1. The van der Waals surface area contributed by atoms with Crippen molar-refractivity contribution in [3.8, 4) is 5.88 Å². The lowest BCUT2D eigenvalue weighted by molar-refractivity contribution is -0.147. The van der Waals surface area contributed by atoms with E-state index in [1.54, 1.807) is 18.2 Å². The molecule has 0 aliphatic carbocycles. The molecule has 154 valence electrons. The first-order valence-electron chi connectivity index (χ1n) is 9.67. The Bertz CT molecular complexity index is 1030. The molecule has 1 fully saturated rings. The highest BCUT2D eigenvalue weighted by Crippen LogP contribution is 2.42. The molecule has 1 atom stereocenters. The number of esters is 1. The van der Waals surface area contributed by atoms with E-state index in [-0.39, 0.29) is 23.6 Å². The van der Waals surface area contributed by atoms with Gasteiger partial charge >= 0.3 is 5.97 Å². The number of nitrogens with zero attached hydrogens (tertiary/aromatic N) is 4. The first-order chi connectivity index (χ1) is 14.0. The second-order valence-electron chi connectivity index (χ2n) is 7.12. The average Bonchev–Trinajstić information content (AvgIpc) is 3.29. The molecular formula is C20H23FN4O3S. The van der Waals surface area contributed by atoms with Crippen LogP contribution < -0.4 is 0 Å². The third-order valence-corrected chi connectivity index (χ3v) is 6.51. The lowest BCUT2D eigenvalue weighted by atomic mass is 9.93. The van der Waals surface area contributed by atoms with Gasteiger partial charge in [0.1, 0.15) is 5.82 Å². The maximum atomic E-state index is 14.8. The van der Waals surface area contributed by atoms with Gasteiger partial charge in [-0.05, 0) is 32.0 Å². The molecule has 1 aliphatic rings. The molecule has 0 radical (unpaired) electrons. The van der Waals surface area contributed by atoms with Crippen LogP contribution in [-0.4, -0.2) is 50.8 Å². The molecule has 1 aliphatic heterocycles. The van der Waals surface area contributed by atoms with Gasteiger partial charge in [0.05, 0.1) is 23.9 Å². The molecule has 0 amide bonds. The van der Waals surface area contributed by atoms with Crippen LogP contribution in [-0.2, 0) is 16.0 Å². The summed E-state index contributed by atoms with van der Waals surface area (Å²) in [7, 11) is 1.40. The molecule has 2 aromatic heterocycles.